The van der Waals surface area contributed by atoms with Gasteiger partial charge >= 0.3 is 0 Å². The van der Waals surface area contributed by atoms with E-state index >= 15 is 0 Å². The molecule has 2 bridgehead atoms. The Kier molecular flexibility index (Phi) is 1.79. The summed E-state index contributed by atoms with van der Waals surface area (Å²) in [5, 5.41) is 10.4. The Hall–Kier alpha value is -0.820. The van der Waals surface area contributed by atoms with Crippen LogP contribution in [0.25, 0.3) is 0 Å². The van der Waals surface area contributed by atoms with Crippen molar-refractivity contribution in [1.29, 1.82) is 0 Å². The van der Waals surface area contributed by atoms with E-state index in [-0.39, 0.29) is 6.10 Å². The number of rotatable bonds is 2. The van der Waals surface area contributed by atoms with Crippen LogP contribution >= 0.6 is 0 Å². The molecule has 0 aliphatic heterocycles. The molecule has 16 heavy (non-hydrogen) atoms. The van der Waals surface area contributed by atoms with Crippen LogP contribution in [0.3, 0.4) is 0 Å². The van der Waals surface area contributed by atoms with Crippen LogP contribution in [0.15, 0.2) is 30.3 Å². The Morgan fingerprint density at radius 1 is 1.00 bits per heavy atom. The number of benzene rings is 1. The number of hydrogen-bond acceptors (Lipinski definition) is 1. The van der Waals surface area contributed by atoms with Crippen LogP contribution in [0.4, 0.5) is 0 Å². The van der Waals surface area contributed by atoms with E-state index in [1.54, 1.807) is 0 Å². The van der Waals surface area contributed by atoms with E-state index in [2.05, 4.69) is 12.1 Å². The fourth-order valence-electron chi connectivity index (χ4n) is 4.69. The third-order valence-corrected chi connectivity index (χ3v) is 5.30. The quantitative estimate of drug-likeness (QED) is 0.802. The van der Waals surface area contributed by atoms with Gasteiger partial charge in [-0.25, -0.2) is 0 Å². The van der Waals surface area contributed by atoms with Crippen LogP contribution in [0.1, 0.15) is 30.9 Å². The van der Waals surface area contributed by atoms with Crippen molar-refractivity contribution >= 4 is 0 Å². The highest BCUT2D eigenvalue weighted by molar-refractivity contribution is 5.24. The summed E-state index contributed by atoms with van der Waals surface area (Å²) >= 11 is 0. The third kappa shape index (κ3) is 1.10. The normalized spacial score (nSPS) is 45.4. The SMILES string of the molecule is OC(c1ccccc1)C1C2C3CCC(C3)C21. The van der Waals surface area contributed by atoms with Crippen LogP contribution in [-0.2, 0) is 0 Å². The lowest BCUT2D eigenvalue weighted by molar-refractivity contribution is 0.130. The molecule has 1 aromatic carbocycles. The van der Waals surface area contributed by atoms with Gasteiger partial charge in [0.1, 0.15) is 0 Å². The van der Waals surface area contributed by atoms with E-state index in [0.29, 0.717) is 5.92 Å². The maximum absolute atomic E-state index is 10.4. The fourth-order valence-corrected chi connectivity index (χ4v) is 4.69. The lowest BCUT2D eigenvalue weighted by Gasteiger charge is -2.15. The summed E-state index contributed by atoms with van der Waals surface area (Å²) in [6.07, 6.45) is 4.14. The van der Waals surface area contributed by atoms with Crippen LogP contribution in [0.2, 0.25) is 0 Å². The molecule has 84 valence electrons. The van der Waals surface area contributed by atoms with Crippen molar-refractivity contribution in [2.45, 2.75) is 25.4 Å². The van der Waals surface area contributed by atoms with Crippen molar-refractivity contribution in [1.82, 2.24) is 0 Å². The van der Waals surface area contributed by atoms with Crippen LogP contribution in [0.5, 0.6) is 0 Å². The summed E-state index contributed by atoms with van der Waals surface area (Å²) in [4.78, 5) is 0. The molecule has 1 heteroatoms. The molecule has 0 saturated heterocycles. The molecular formula is C15H18O. The zero-order valence-electron chi connectivity index (χ0n) is 9.42. The van der Waals surface area contributed by atoms with Crippen molar-refractivity contribution in [2.75, 3.05) is 0 Å². The summed E-state index contributed by atoms with van der Waals surface area (Å²) in [5.74, 6) is 4.24. The number of aliphatic hydroxyl groups is 1. The third-order valence-electron chi connectivity index (χ3n) is 5.30. The summed E-state index contributed by atoms with van der Waals surface area (Å²) in [6.45, 7) is 0. The van der Waals surface area contributed by atoms with Crippen molar-refractivity contribution in [2.24, 2.45) is 29.6 Å². The molecule has 1 aromatic rings. The molecule has 0 aromatic heterocycles. The predicted octanol–water partition coefficient (Wildman–Crippen LogP) is 3.01. The second-order valence-corrected chi connectivity index (χ2v) is 5.92. The predicted molar refractivity (Wildman–Crippen MR) is 62.7 cm³/mol. The van der Waals surface area contributed by atoms with Gasteiger partial charge in [0.05, 0.1) is 6.10 Å². The van der Waals surface area contributed by atoms with Gasteiger partial charge in [0.15, 0.2) is 0 Å². The van der Waals surface area contributed by atoms with Crippen molar-refractivity contribution < 1.29 is 5.11 Å². The average Bonchev–Trinajstić information content (AvgIpc) is 2.77. The highest BCUT2D eigenvalue weighted by Gasteiger charge is 2.66. The molecule has 3 fully saturated rings. The first-order valence-corrected chi connectivity index (χ1v) is 6.59. The van der Waals surface area contributed by atoms with Gasteiger partial charge in [-0.15, -0.1) is 0 Å². The maximum Gasteiger partial charge on any atom is 0.0823 e. The minimum absolute atomic E-state index is 0.195. The van der Waals surface area contributed by atoms with Crippen molar-refractivity contribution in [3.63, 3.8) is 0 Å². The lowest BCUT2D eigenvalue weighted by Crippen LogP contribution is -2.08. The molecule has 0 heterocycles. The molecule has 0 spiro atoms. The highest BCUT2D eigenvalue weighted by Crippen LogP contribution is 2.72. The van der Waals surface area contributed by atoms with E-state index in [0.717, 1.165) is 29.2 Å². The van der Waals surface area contributed by atoms with Gasteiger partial charge in [-0.05, 0) is 54.4 Å². The molecule has 3 aliphatic rings. The molecule has 1 nitrogen and oxygen atoms in total. The standard InChI is InChI=1S/C15H18O/c16-15(9-4-2-1-3-5-9)14-12-10-6-7-11(8-10)13(12)14/h1-5,10-16H,6-8H2. The largest absolute Gasteiger partial charge is 0.388 e. The van der Waals surface area contributed by atoms with Crippen molar-refractivity contribution in [3.05, 3.63) is 35.9 Å². The van der Waals surface area contributed by atoms with Gasteiger partial charge in [-0.2, -0.15) is 0 Å². The van der Waals surface area contributed by atoms with Crippen LogP contribution in [-0.4, -0.2) is 5.11 Å². The second kappa shape index (κ2) is 3.10. The second-order valence-electron chi connectivity index (χ2n) is 5.92. The molecule has 5 atom stereocenters. The number of aliphatic hydroxyl groups excluding tert-OH is 1. The summed E-state index contributed by atoms with van der Waals surface area (Å²) < 4.78 is 0. The highest BCUT2D eigenvalue weighted by atomic mass is 16.3. The van der Waals surface area contributed by atoms with E-state index in [1.165, 1.54) is 19.3 Å². The van der Waals surface area contributed by atoms with Crippen LogP contribution < -0.4 is 0 Å². The fraction of sp³-hybridized carbons (Fsp3) is 0.600. The smallest absolute Gasteiger partial charge is 0.0823 e. The first-order chi connectivity index (χ1) is 7.86. The Morgan fingerprint density at radius 3 is 2.25 bits per heavy atom. The minimum atomic E-state index is -0.195. The van der Waals surface area contributed by atoms with E-state index in [9.17, 15) is 5.11 Å². The van der Waals surface area contributed by atoms with Crippen LogP contribution in [0, 0.1) is 29.6 Å². The molecular weight excluding hydrogens is 196 g/mol. The molecule has 0 radical (unpaired) electrons. The molecule has 5 unspecified atom stereocenters. The van der Waals surface area contributed by atoms with Gasteiger partial charge in [0.25, 0.3) is 0 Å². The van der Waals surface area contributed by atoms with Crippen molar-refractivity contribution in [3.8, 4) is 0 Å². The van der Waals surface area contributed by atoms with E-state index in [4.69, 9.17) is 0 Å². The van der Waals surface area contributed by atoms with Gasteiger partial charge in [0, 0.05) is 0 Å². The topological polar surface area (TPSA) is 20.2 Å². The summed E-state index contributed by atoms with van der Waals surface area (Å²) in [6, 6.07) is 10.2. The summed E-state index contributed by atoms with van der Waals surface area (Å²) in [7, 11) is 0. The zero-order valence-corrected chi connectivity index (χ0v) is 9.42. The molecule has 3 saturated carbocycles. The monoisotopic (exact) mass is 214 g/mol. The summed E-state index contributed by atoms with van der Waals surface area (Å²) in [5.41, 5.74) is 1.13. The Bertz CT molecular complexity index is 383. The molecule has 4 rings (SSSR count). The minimum Gasteiger partial charge on any atom is -0.388 e. The van der Waals surface area contributed by atoms with Gasteiger partial charge in [-0.3, -0.25) is 0 Å². The first kappa shape index (κ1) is 9.23. The number of hydrogen-bond donors (Lipinski definition) is 1. The maximum atomic E-state index is 10.4. The number of fused-ring (bicyclic) bond motifs is 5. The Balaban J connectivity index is 1.57. The van der Waals surface area contributed by atoms with E-state index in [1.807, 2.05) is 18.2 Å². The van der Waals surface area contributed by atoms with Gasteiger partial charge in [0.2, 0.25) is 0 Å². The molecule has 1 N–H and O–H groups in total. The average molecular weight is 214 g/mol. The zero-order chi connectivity index (χ0) is 10.7. The molecule has 0 amide bonds. The van der Waals surface area contributed by atoms with E-state index < -0.39 is 0 Å². The van der Waals surface area contributed by atoms with Gasteiger partial charge < -0.3 is 5.11 Å². The van der Waals surface area contributed by atoms with Gasteiger partial charge in [-0.1, -0.05) is 30.3 Å². The first-order valence-electron chi connectivity index (χ1n) is 6.59. The molecule has 3 aliphatic carbocycles. The lowest BCUT2D eigenvalue weighted by atomic mass is 9.95. The Morgan fingerprint density at radius 2 is 1.62 bits per heavy atom. The Labute approximate surface area is 96.5 Å².